The monoisotopic (exact) mass is 359 g/mol. The van der Waals surface area contributed by atoms with Crippen LogP contribution in [0.3, 0.4) is 0 Å². The molecule has 1 aliphatic carbocycles. The fourth-order valence-electron chi connectivity index (χ4n) is 3.23. The molecule has 0 aromatic heterocycles. The summed E-state index contributed by atoms with van der Waals surface area (Å²) in [5, 5.41) is 0. The zero-order valence-corrected chi connectivity index (χ0v) is 15.9. The second kappa shape index (κ2) is 10.00. The van der Waals surface area contributed by atoms with E-state index in [9.17, 15) is 9.59 Å². The summed E-state index contributed by atoms with van der Waals surface area (Å²) in [6.07, 6.45) is 7.98. The average Bonchev–Trinajstić information content (AvgIpc) is 3.14. The van der Waals surface area contributed by atoms with Gasteiger partial charge in [-0.25, -0.2) is 0 Å². The van der Waals surface area contributed by atoms with Crippen LogP contribution in [0.2, 0.25) is 0 Å². The van der Waals surface area contributed by atoms with Gasteiger partial charge in [0.2, 0.25) is 5.91 Å². The third-order valence-electron chi connectivity index (χ3n) is 4.48. The Morgan fingerprint density at radius 2 is 2.00 bits per heavy atom. The number of ether oxygens (including phenoxy) is 2. The van der Waals surface area contributed by atoms with Gasteiger partial charge in [0, 0.05) is 18.7 Å². The fraction of sp³-hybridized carbons (Fsp3) is 0.524. The highest BCUT2D eigenvalue weighted by Crippen LogP contribution is 2.24. The Bertz CT molecular complexity index is 633. The lowest BCUT2D eigenvalue weighted by Gasteiger charge is -2.27. The van der Waals surface area contributed by atoms with E-state index in [0.717, 1.165) is 37.0 Å². The zero-order valence-electron chi connectivity index (χ0n) is 15.9. The van der Waals surface area contributed by atoms with Gasteiger partial charge in [-0.05, 0) is 50.5 Å². The summed E-state index contributed by atoms with van der Waals surface area (Å²) in [5.74, 6) is 0.437. The molecule has 1 aliphatic rings. The molecule has 0 unspecified atom stereocenters. The van der Waals surface area contributed by atoms with Crippen LogP contribution >= 0.6 is 0 Å². The molecule has 0 saturated heterocycles. The molecule has 142 valence electrons. The first-order chi connectivity index (χ1) is 12.5. The third kappa shape index (κ3) is 6.21. The van der Waals surface area contributed by atoms with Crippen molar-refractivity contribution in [3.05, 3.63) is 35.9 Å². The number of rotatable bonds is 8. The van der Waals surface area contributed by atoms with Crippen LogP contribution < -0.4 is 4.74 Å². The van der Waals surface area contributed by atoms with E-state index in [1.807, 2.05) is 43.0 Å². The van der Waals surface area contributed by atoms with Crippen molar-refractivity contribution in [3.63, 3.8) is 0 Å². The minimum absolute atomic E-state index is 0.0593. The van der Waals surface area contributed by atoms with Crippen molar-refractivity contribution >= 4 is 18.0 Å². The fourth-order valence-corrected chi connectivity index (χ4v) is 3.23. The summed E-state index contributed by atoms with van der Waals surface area (Å²) in [7, 11) is 1.37. The van der Waals surface area contributed by atoms with E-state index in [0.29, 0.717) is 6.54 Å². The molecule has 1 amide bonds. The number of carbonyl (C=O) groups is 2. The Morgan fingerprint density at radius 1 is 1.27 bits per heavy atom. The van der Waals surface area contributed by atoms with E-state index in [1.165, 1.54) is 7.11 Å². The maximum absolute atomic E-state index is 12.7. The Labute approximate surface area is 156 Å². The van der Waals surface area contributed by atoms with Gasteiger partial charge in [-0.1, -0.05) is 25.0 Å². The van der Waals surface area contributed by atoms with Crippen LogP contribution in [0, 0.1) is 0 Å². The molecule has 2 rings (SSSR count). The minimum Gasteiger partial charge on any atom is -0.491 e. The molecule has 0 bridgehead atoms. The Kier molecular flexibility index (Phi) is 7.70. The zero-order chi connectivity index (χ0) is 18.9. The van der Waals surface area contributed by atoms with Crippen molar-refractivity contribution < 1.29 is 19.1 Å². The molecule has 26 heavy (non-hydrogen) atoms. The summed E-state index contributed by atoms with van der Waals surface area (Å²) < 4.78 is 10.4. The summed E-state index contributed by atoms with van der Waals surface area (Å²) in [5.41, 5.74) is 0.913. The van der Waals surface area contributed by atoms with Crippen molar-refractivity contribution in [3.8, 4) is 5.75 Å². The van der Waals surface area contributed by atoms with E-state index < -0.39 is 0 Å². The highest BCUT2D eigenvalue weighted by molar-refractivity contribution is 5.92. The Hall–Kier alpha value is -2.30. The van der Waals surface area contributed by atoms with Crippen LogP contribution in [0.15, 0.2) is 30.3 Å². The molecule has 0 atom stereocenters. The number of methoxy groups -OCH3 is 1. The van der Waals surface area contributed by atoms with Gasteiger partial charge in [0.1, 0.15) is 5.75 Å². The maximum atomic E-state index is 12.7. The second-order valence-corrected chi connectivity index (χ2v) is 6.87. The summed E-state index contributed by atoms with van der Waals surface area (Å²) >= 11 is 0. The standard InChI is InChI=1S/C21H29NO4/c1-16(2)26-19-10-6-7-17(15-19)11-12-20(23)22(14-13-21(24)25-3)18-8-4-5-9-18/h6-7,10-12,15-16,18H,4-5,8-9,13-14H2,1-3H3/b12-11+. The summed E-state index contributed by atoms with van der Waals surface area (Å²) in [6.45, 7) is 4.36. The maximum Gasteiger partial charge on any atom is 0.307 e. The lowest BCUT2D eigenvalue weighted by atomic mass is 10.1. The quantitative estimate of drug-likeness (QED) is 0.523. The van der Waals surface area contributed by atoms with Crippen molar-refractivity contribution in [1.29, 1.82) is 0 Å². The van der Waals surface area contributed by atoms with Crippen LogP contribution in [0.1, 0.15) is 51.5 Å². The number of hydrogen-bond donors (Lipinski definition) is 0. The Morgan fingerprint density at radius 3 is 2.65 bits per heavy atom. The molecular weight excluding hydrogens is 330 g/mol. The smallest absolute Gasteiger partial charge is 0.307 e. The van der Waals surface area contributed by atoms with Gasteiger partial charge in [0.25, 0.3) is 0 Å². The molecule has 0 aliphatic heterocycles. The van der Waals surface area contributed by atoms with Gasteiger partial charge in [0.05, 0.1) is 19.6 Å². The molecular formula is C21H29NO4. The van der Waals surface area contributed by atoms with Gasteiger partial charge in [-0.15, -0.1) is 0 Å². The van der Waals surface area contributed by atoms with Crippen molar-refractivity contribution in [2.75, 3.05) is 13.7 Å². The molecule has 0 radical (unpaired) electrons. The highest BCUT2D eigenvalue weighted by Gasteiger charge is 2.25. The predicted molar refractivity (Wildman–Crippen MR) is 102 cm³/mol. The predicted octanol–water partition coefficient (Wildman–Crippen LogP) is 3.82. The van der Waals surface area contributed by atoms with Crippen LogP contribution in [-0.4, -0.2) is 42.6 Å². The SMILES string of the molecule is COC(=O)CCN(C(=O)/C=C/c1cccc(OC(C)C)c1)C1CCCC1. The van der Waals surface area contributed by atoms with E-state index >= 15 is 0 Å². The molecule has 0 N–H and O–H groups in total. The number of nitrogens with zero attached hydrogens (tertiary/aromatic N) is 1. The first-order valence-corrected chi connectivity index (χ1v) is 9.32. The number of benzene rings is 1. The molecule has 0 spiro atoms. The molecule has 1 aromatic rings. The molecule has 5 heteroatoms. The Balaban J connectivity index is 2.05. The van der Waals surface area contributed by atoms with Gasteiger partial charge in [0.15, 0.2) is 0 Å². The first kappa shape index (κ1) is 20.0. The van der Waals surface area contributed by atoms with Gasteiger partial charge in [-0.3, -0.25) is 9.59 Å². The normalized spacial score (nSPS) is 14.8. The largest absolute Gasteiger partial charge is 0.491 e. The first-order valence-electron chi connectivity index (χ1n) is 9.32. The number of hydrogen-bond acceptors (Lipinski definition) is 4. The van der Waals surface area contributed by atoms with Crippen LogP contribution in [-0.2, 0) is 14.3 Å². The van der Waals surface area contributed by atoms with Crippen LogP contribution in [0.4, 0.5) is 0 Å². The van der Waals surface area contributed by atoms with Gasteiger partial charge < -0.3 is 14.4 Å². The minimum atomic E-state index is -0.289. The van der Waals surface area contributed by atoms with Crippen molar-refractivity contribution in [1.82, 2.24) is 4.90 Å². The van der Waals surface area contributed by atoms with Crippen LogP contribution in [0.25, 0.3) is 6.08 Å². The second-order valence-electron chi connectivity index (χ2n) is 6.87. The topological polar surface area (TPSA) is 55.8 Å². The van der Waals surface area contributed by atoms with Gasteiger partial charge in [-0.2, -0.15) is 0 Å². The van der Waals surface area contributed by atoms with E-state index in [1.54, 1.807) is 12.2 Å². The summed E-state index contributed by atoms with van der Waals surface area (Å²) in [4.78, 5) is 26.0. The third-order valence-corrected chi connectivity index (χ3v) is 4.48. The molecule has 1 saturated carbocycles. The lowest BCUT2D eigenvalue weighted by molar-refractivity contribution is -0.141. The number of esters is 1. The van der Waals surface area contributed by atoms with Crippen molar-refractivity contribution in [2.24, 2.45) is 0 Å². The number of carbonyl (C=O) groups excluding carboxylic acids is 2. The lowest BCUT2D eigenvalue weighted by Crippen LogP contribution is -2.39. The summed E-state index contributed by atoms with van der Waals surface area (Å²) in [6, 6.07) is 7.88. The molecule has 5 nitrogen and oxygen atoms in total. The van der Waals surface area contributed by atoms with Gasteiger partial charge >= 0.3 is 5.97 Å². The van der Waals surface area contributed by atoms with Crippen molar-refractivity contribution in [2.45, 2.75) is 58.1 Å². The average molecular weight is 359 g/mol. The molecule has 1 aromatic carbocycles. The van der Waals surface area contributed by atoms with E-state index in [-0.39, 0.29) is 30.4 Å². The van der Waals surface area contributed by atoms with E-state index in [4.69, 9.17) is 9.47 Å². The van der Waals surface area contributed by atoms with Crippen LogP contribution in [0.5, 0.6) is 5.75 Å². The van der Waals surface area contributed by atoms with E-state index in [2.05, 4.69) is 0 Å². The highest BCUT2D eigenvalue weighted by atomic mass is 16.5. The molecule has 1 fully saturated rings. The number of amides is 1. The molecule has 0 heterocycles.